The molecule has 72 valence electrons. The molecule has 0 amide bonds. The molecule has 0 saturated heterocycles. The van der Waals surface area contributed by atoms with E-state index in [4.69, 9.17) is 10.6 Å². The summed E-state index contributed by atoms with van der Waals surface area (Å²) in [6.07, 6.45) is 0. The van der Waals surface area contributed by atoms with Gasteiger partial charge in [0.2, 0.25) is 0 Å². The number of methoxy groups -OCH3 is 1. The standard InChI is InChI=1S/C9H12FNO2/c1-6-7(5-13-11)8(10)3-4-9(6)12-2/h3-4H,5,11H2,1-2H3. The van der Waals surface area contributed by atoms with E-state index in [0.717, 1.165) is 0 Å². The summed E-state index contributed by atoms with van der Waals surface area (Å²) in [5, 5.41) is 0. The van der Waals surface area contributed by atoms with Crippen molar-refractivity contribution in [2.45, 2.75) is 13.5 Å². The second-order valence-corrected chi connectivity index (χ2v) is 2.66. The fraction of sp³-hybridized carbons (Fsp3) is 0.333. The molecule has 2 N–H and O–H groups in total. The second-order valence-electron chi connectivity index (χ2n) is 2.66. The molecular weight excluding hydrogens is 173 g/mol. The first-order chi connectivity index (χ1) is 6.20. The van der Waals surface area contributed by atoms with E-state index >= 15 is 0 Å². The van der Waals surface area contributed by atoms with Crippen molar-refractivity contribution in [1.29, 1.82) is 0 Å². The van der Waals surface area contributed by atoms with Crippen LogP contribution in [0.25, 0.3) is 0 Å². The van der Waals surface area contributed by atoms with Crippen LogP contribution in [0.15, 0.2) is 12.1 Å². The SMILES string of the molecule is COc1ccc(F)c(CON)c1C. The van der Waals surface area contributed by atoms with Gasteiger partial charge in [0.25, 0.3) is 0 Å². The van der Waals surface area contributed by atoms with Crippen molar-refractivity contribution in [3.63, 3.8) is 0 Å². The van der Waals surface area contributed by atoms with Gasteiger partial charge < -0.3 is 4.74 Å². The molecule has 0 saturated carbocycles. The quantitative estimate of drug-likeness (QED) is 0.726. The van der Waals surface area contributed by atoms with E-state index < -0.39 is 0 Å². The van der Waals surface area contributed by atoms with Gasteiger partial charge in [-0.2, -0.15) is 0 Å². The third kappa shape index (κ3) is 1.96. The number of hydrogen-bond acceptors (Lipinski definition) is 3. The molecule has 1 aromatic rings. The first-order valence-electron chi connectivity index (χ1n) is 3.84. The molecule has 0 radical (unpaired) electrons. The molecule has 0 aliphatic heterocycles. The van der Waals surface area contributed by atoms with Crippen molar-refractivity contribution in [2.24, 2.45) is 5.90 Å². The maximum Gasteiger partial charge on any atom is 0.129 e. The van der Waals surface area contributed by atoms with E-state index in [1.807, 2.05) is 0 Å². The van der Waals surface area contributed by atoms with Crippen LogP contribution in [-0.2, 0) is 11.4 Å². The summed E-state index contributed by atoms with van der Waals surface area (Å²) >= 11 is 0. The Morgan fingerprint density at radius 2 is 2.15 bits per heavy atom. The first-order valence-corrected chi connectivity index (χ1v) is 3.84. The maximum atomic E-state index is 13.2. The Balaban J connectivity index is 3.13. The van der Waals surface area contributed by atoms with Crippen LogP contribution in [0.1, 0.15) is 11.1 Å². The number of nitrogens with two attached hydrogens (primary N) is 1. The van der Waals surface area contributed by atoms with Crippen molar-refractivity contribution in [3.05, 3.63) is 29.1 Å². The molecule has 0 bridgehead atoms. The zero-order chi connectivity index (χ0) is 9.84. The van der Waals surface area contributed by atoms with Gasteiger partial charge in [-0.15, -0.1) is 0 Å². The lowest BCUT2D eigenvalue weighted by atomic mass is 10.1. The monoisotopic (exact) mass is 185 g/mol. The normalized spacial score (nSPS) is 10.2. The van der Waals surface area contributed by atoms with Gasteiger partial charge in [-0.1, -0.05) is 0 Å². The molecular formula is C9H12FNO2. The molecule has 0 unspecified atom stereocenters. The fourth-order valence-corrected chi connectivity index (χ4v) is 1.18. The summed E-state index contributed by atoms with van der Waals surface area (Å²) in [6, 6.07) is 2.91. The Labute approximate surface area is 76.2 Å². The molecule has 0 spiro atoms. The molecule has 13 heavy (non-hydrogen) atoms. The maximum absolute atomic E-state index is 13.2. The van der Waals surface area contributed by atoms with E-state index in [2.05, 4.69) is 4.84 Å². The highest BCUT2D eigenvalue weighted by atomic mass is 19.1. The summed E-state index contributed by atoms with van der Waals surface area (Å²) in [5.41, 5.74) is 1.15. The molecule has 0 aromatic heterocycles. The number of halogens is 1. The van der Waals surface area contributed by atoms with Crippen molar-refractivity contribution >= 4 is 0 Å². The van der Waals surface area contributed by atoms with Gasteiger partial charge >= 0.3 is 0 Å². The van der Waals surface area contributed by atoms with Crippen molar-refractivity contribution in [3.8, 4) is 5.75 Å². The molecule has 3 nitrogen and oxygen atoms in total. The lowest BCUT2D eigenvalue weighted by Crippen LogP contribution is -2.04. The van der Waals surface area contributed by atoms with Gasteiger partial charge in [-0.3, -0.25) is 4.84 Å². The topological polar surface area (TPSA) is 44.5 Å². The third-order valence-electron chi connectivity index (χ3n) is 1.94. The molecule has 1 aromatic carbocycles. The molecule has 0 fully saturated rings. The lowest BCUT2D eigenvalue weighted by Gasteiger charge is -2.09. The van der Waals surface area contributed by atoms with Gasteiger partial charge in [-0.05, 0) is 24.6 Å². The molecule has 0 aliphatic carbocycles. The highest BCUT2D eigenvalue weighted by Gasteiger charge is 2.09. The fourth-order valence-electron chi connectivity index (χ4n) is 1.18. The summed E-state index contributed by atoms with van der Waals surface area (Å²) in [7, 11) is 1.54. The van der Waals surface area contributed by atoms with E-state index in [1.54, 1.807) is 13.0 Å². The predicted octanol–water partition coefficient (Wildman–Crippen LogP) is 1.53. The Kier molecular flexibility index (Phi) is 3.22. The predicted molar refractivity (Wildman–Crippen MR) is 46.7 cm³/mol. The van der Waals surface area contributed by atoms with Crippen LogP contribution in [0.4, 0.5) is 4.39 Å². The second kappa shape index (κ2) is 4.20. The van der Waals surface area contributed by atoms with E-state index in [0.29, 0.717) is 16.9 Å². The van der Waals surface area contributed by atoms with Crippen LogP contribution in [0.3, 0.4) is 0 Å². The number of hydrogen-bond donors (Lipinski definition) is 1. The molecule has 0 atom stereocenters. The lowest BCUT2D eigenvalue weighted by molar-refractivity contribution is 0.121. The summed E-state index contributed by atoms with van der Waals surface area (Å²) in [5.74, 6) is 5.19. The Morgan fingerprint density at radius 1 is 1.46 bits per heavy atom. The molecule has 4 heteroatoms. The minimum absolute atomic E-state index is 0.0505. The third-order valence-corrected chi connectivity index (χ3v) is 1.94. The van der Waals surface area contributed by atoms with Gasteiger partial charge in [0.15, 0.2) is 0 Å². The van der Waals surface area contributed by atoms with Gasteiger partial charge in [0.1, 0.15) is 11.6 Å². The Morgan fingerprint density at radius 3 is 2.69 bits per heavy atom. The number of benzene rings is 1. The summed E-state index contributed by atoms with van der Waals surface area (Å²) in [6.45, 7) is 1.81. The minimum atomic E-state index is -0.330. The van der Waals surface area contributed by atoms with Gasteiger partial charge in [0, 0.05) is 5.56 Å². The Hall–Kier alpha value is -1.13. The van der Waals surface area contributed by atoms with Crippen LogP contribution >= 0.6 is 0 Å². The molecule has 0 aliphatic rings. The molecule has 1 rings (SSSR count). The first kappa shape index (κ1) is 9.95. The largest absolute Gasteiger partial charge is 0.496 e. The van der Waals surface area contributed by atoms with Crippen LogP contribution in [0.2, 0.25) is 0 Å². The van der Waals surface area contributed by atoms with Crippen molar-refractivity contribution < 1.29 is 14.0 Å². The zero-order valence-electron chi connectivity index (χ0n) is 7.63. The smallest absolute Gasteiger partial charge is 0.129 e. The average Bonchev–Trinajstić information content (AvgIpc) is 2.12. The van der Waals surface area contributed by atoms with E-state index in [-0.39, 0.29) is 12.4 Å². The highest BCUT2D eigenvalue weighted by Crippen LogP contribution is 2.23. The van der Waals surface area contributed by atoms with Crippen LogP contribution in [-0.4, -0.2) is 7.11 Å². The van der Waals surface area contributed by atoms with Crippen LogP contribution < -0.4 is 10.6 Å². The van der Waals surface area contributed by atoms with Gasteiger partial charge in [0.05, 0.1) is 13.7 Å². The summed E-state index contributed by atoms with van der Waals surface area (Å²) < 4.78 is 18.2. The van der Waals surface area contributed by atoms with Crippen LogP contribution in [0.5, 0.6) is 5.75 Å². The minimum Gasteiger partial charge on any atom is -0.496 e. The zero-order valence-corrected chi connectivity index (χ0v) is 7.63. The molecule has 0 heterocycles. The number of rotatable bonds is 3. The average molecular weight is 185 g/mol. The van der Waals surface area contributed by atoms with Crippen LogP contribution in [0, 0.1) is 12.7 Å². The number of ether oxygens (including phenoxy) is 1. The van der Waals surface area contributed by atoms with E-state index in [9.17, 15) is 4.39 Å². The van der Waals surface area contributed by atoms with E-state index in [1.165, 1.54) is 13.2 Å². The Bertz CT molecular complexity index is 302. The van der Waals surface area contributed by atoms with Gasteiger partial charge in [-0.25, -0.2) is 10.3 Å². The van der Waals surface area contributed by atoms with Crippen molar-refractivity contribution in [2.75, 3.05) is 7.11 Å². The highest BCUT2D eigenvalue weighted by molar-refractivity contribution is 5.39. The van der Waals surface area contributed by atoms with Crippen molar-refractivity contribution in [1.82, 2.24) is 0 Å². The summed E-state index contributed by atoms with van der Waals surface area (Å²) in [4.78, 5) is 4.39.